The van der Waals surface area contributed by atoms with Crippen LogP contribution < -0.4 is 0 Å². The maximum absolute atomic E-state index is 13.5. The van der Waals surface area contributed by atoms with Gasteiger partial charge in [0.25, 0.3) is 0 Å². The average molecular weight is 453 g/mol. The molecule has 0 amide bonds. The Kier molecular flexibility index (Phi) is 5.00. The molecule has 0 saturated heterocycles. The number of carbonyl (C=O) groups excluding carboxylic acids is 1. The van der Waals surface area contributed by atoms with Crippen LogP contribution in [0.2, 0.25) is 0 Å². The zero-order valence-corrected chi connectivity index (χ0v) is 18.7. The van der Waals surface area contributed by atoms with Crippen LogP contribution in [0.4, 0.5) is 0 Å². The van der Waals surface area contributed by atoms with Crippen molar-refractivity contribution >= 4 is 37.9 Å². The Morgan fingerprint density at radius 3 is 2.69 bits per heavy atom. The molecule has 32 heavy (non-hydrogen) atoms. The number of pyridine rings is 1. The van der Waals surface area contributed by atoms with E-state index in [1.165, 1.54) is 6.92 Å². The molecule has 3 heterocycles. The first kappa shape index (κ1) is 20.7. The van der Waals surface area contributed by atoms with Crippen LogP contribution in [-0.4, -0.2) is 40.0 Å². The van der Waals surface area contributed by atoms with Crippen molar-refractivity contribution in [3.63, 3.8) is 0 Å². The van der Waals surface area contributed by atoms with Gasteiger partial charge in [0, 0.05) is 31.0 Å². The van der Waals surface area contributed by atoms with E-state index < -0.39 is 9.84 Å². The predicted molar refractivity (Wildman–Crippen MR) is 119 cm³/mol. The van der Waals surface area contributed by atoms with Gasteiger partial charge in [0.1, 0.15) is 23.1 Å². The highest BCUT2D eigenvalue weighted by Crippen LogP contribution is 2.38. The van der Waals surface area contributed by atoms with E-state index in [1.54, 1.807) is 36.5 Å². The zero-order chi connectivity index (χ0) is 22.5. The molecule has 9 heteroatoms. The molecule has 1 aromatic carbocycles. The summed E-state index contributed by atoms with van der Waals surface area (Å²) in [5.41, 5.74) is 1.62. The second-order valence-electron chi connectivity index (χ2n) is 8.25. The number of hydrogen-bond acceptors (Lipinski definition) is 6. The Hall–Kier alpha value is -3.20. The maximum atomic E-state index is 13.5. The van der Waals surface area contributed by atoms with Crippen molar-refractivity contribution in [3.8, 4) is 0 Å². The summed E-state index contributed by atoms with van der Waals surface area (Å²) in [6, 6.07) is 10.2. The van der Waals surface area contributed by atoms with E-state index >= 15 is 0 Å². The third-order valence-corrected chi connectivity index (χ3v) is 7.77. The van der Waals surface area contributed by atoms with Crippen molar-refractivity contribution in [3.05, 3.63) is 48.4 Å². The molecule has 1 fully saturated rings. The van der Waals surface area contributed by atoms with Gasteiger partial charge < -0.3 is 14.3 Å². The molecule has 2 unspecified atom stereocenters. The number of carbonyl (C=O) groups is 1. The number of H-pyrrole nitrogens is 1. The van der Waals surface area contributed by atoms with E-state index in [0.717, 1.165) is 30.2 Å². The molecule has 4 aromatic rings. The van der Waals surface area contributed by atoms with Crippen LogP contribution in [0.25, 0.3) is 22.1 Å². The number of hydrogen-bond donors (Lipinski definition) is 1. The van der Waals surface area contributed by atoms with E-state index in [2.05, 4.69) is 14.5 Å². The SMILES string of the molecule is CC(=O)OC1CCCC(n2c(C)nc3c(S(=O)(=O)c4ccccc4)nc4[nH]ccc4c32)C1. The summed E-state index contributed by atoms with van der Waals surface area (Å²) >= 11 is 0. The summed E-state index contributed by atoms with van der Waals surface area (Å²) in [5, 5.41) is 0.769. The molecule has 1 aliphatic carbocycles. The number of ether oxygens (including phenoxy) is 1. The fourth-order valence-corrected chi connectivity index (χ4v) is 6.14. The summed E-state index contributed by atoms with van der Waals surface area (Å²) in [6.45, 7) is 3.31. The van der Waals surface area contributed by atoms with Crippen LogP contribution in [0.1, 0.15) is 44.5 Å². The highest BCUT2D eigenvalue weighted by molar-refractivity contribution is 7.91. The van der Waals surface area contributed by atoms with Crippen LogP contribution in [-0.2, 0) is 19.4 Å². The molecular formula is C23H24N4O4S. The van der Waals surface area contributed by atoms with Crippen molar-refractivity contribution in [2.75, 3.05) is 0 Å². The van der Waals surface area contributed by atoms with Crippen LogP contribution >= 0.6 is 0 Å². The number of benzene rings is 1. The van der Waals surface area contributed by atoms with Gasteiger partial charge in [-0.1, -0.05) is 18.2 Å². The van der Waals surface area contributed by atoms with Gasteiger partial charge in [0.05, 0.1) is 10.4 Å². The quantitative estimate of drug-likeness (QED) is 0.467. The molecule has 0 aliphatic heterocycles. The molecule has 3 aromatic heterocycles. The van der Waals surface area contributed by atoms with Gasteiger partial charge in [-0.15, -0.1) is 0 Å². The van der Waals surface area contributed by atoms with Gasteiger partial charge in [-0.25, -0.2) is 18.4 Å². The van der Waals surface area contributed by atoms with Crippen LogP contribution in [0, 0.1) is 6.92 Å². The normalized spacial score (nSPS) is 19.4. The minimum atomic E-state index is -3.87. The molecule has 1 saturated carbocycles. The van der Waals surface area contributed by atoms with E-state index in [-0.39, 0.29) is 28.0 Å². The van der Waals surface area contributed by atoms with Crippen molar-refractivity contribution in [2.24, 2.45) is 0 Å². The molecule has 0 bridgehead atoms. The number of sulfone groups is 1. The van der Waals surface area contributed by atoms with Gasteiger partial charge in [-0.2, -0.15) is 0 Å². The molecule has 1 N–H and O–H groups in total. The zero-order valence-electron chi connectivity index (χ0n) is 17.9. The molecule has 0 radical (unpaired) electrons. The first-order valence-electron chi connectivity index (χ1n) is 10.7. The summed E-state index contributed by atoms with van der Waals surface area (Å²) in [4.78, 5) is 23.9. The third kappa shape index (κ3) is 3.37. The minimum Gasteiger partial charge on any atom is -0.462 e. The van der Waals surface area contributed by atoms with Crippen molar-refractivity contribution in [1.82, 2.24) is 19.5 Å². The number of nitrogens with zero attached hydrogens (tertiary/aromatic N) is 3. The minimum absolute atomic E-state index is 0.0471. The van der Waals surface area contributed by atoms with Gasteiger partial charge >= 0.3 is 5.97 Å². The van der Waals surface area contributed by atoms with E-state index in [1.807, 2.05) is 13.0 Å². The number of imidazole rings is 1. The Bertz CT molecular complexity index is 1420. The Morgan fingerprint density at radius 2 is 1.94 bits per heavy atom. The molecule has 166 valence electrons. The standard InChI is InChI=1S/C23H24N4O4S/c1-14-25-20-21(27(14)16-7-6-8-17(13-16)31-15(2)28)19-11-12-24-22(19)26-23(20)32(29,30)18-9-4-3-5-10-18/h3-5,9-12,16-17H,6-8,13H2,1-2H3,(H,24,26). The molecule has 0 spiro atoms. The first-order chi connectivity index (χ1) is 15.4. The summed E-state index contributed by atoms with van der Waals surface area (Å²) in [5.74, 6) is 0.435. The molecule has 2 atom stereocenters. The lowest BCUT2D eigenvalue weighted by Gasteiger charge is -2.30. The fraction of sp³-hybridized carbons (Fsp3) is 0.348. The molecule has 8 nitrogen and oxygen atoms in total. The molecular weight excluding hydrogens is 428 g/mol. The van der Waals surface area contributed by atoms with Gasteiger partial charge in [-0.05, 0) is 44.4 Å². The second-order valence-corrected chi connectivity index (χ2v) is 10.1. The Morgan fingerprint density at radius 1 is 1.16 bits per heavy atom. The smallest absolute Gasteiger partial charge is 0.302 e. The summed E-state index contributed by atoms with van der Waals surface area (Å²) < 4.78 is 34.6. The van der Waals surface area contributed by atoms with E-state index in [0.29, 0.717) is 23.4 Å². The van der Waals surface area contributed by atoms with Crippen LogP contribution in [0.3, 0.4) is 0 Å². The van der Waals surface area contributed by atoms with Gasteiger partial charge in [0.2, 0.25) is 9.84 Å². The third-order valence-electron chi connectivity index (χ3n) is 6.09. The molecule has 1 aliphatic rings. The number of esters is 1. The van der Waals surface area contributed by atoms with E-state index in [4.69, 9.17) is 9.72 Å². The topological polar surface area (TPSA) is 107 Å². The lowest BCUT2D eigenvalue weighted by Crippen LogP contribution is -2.27. The Labute approximate surface area is 185 Å². The summed E-state index contributed by atoms with van der Waals surface area (Å²) in [7, 11) is -3.87. The number of nitrogens with one attached hydrogen (secondary N) is 1. The number of aromatic amines is 1. The molecule has 5 rings (SSSR count). The predicted octanol–water partition coefficient (Wildman–Crippen LogP) is 4.10. The van der Waals surface area contributed by atoms with Crippen molar-refractivity contribution in [1.29, 1.82) is 0 Å². The number of fused-ring (bicyclic) bond motifs is 3. The average Bonchev–Trinajstić information content (AvgIpc) is 3.36. The lowest BCUT2D eigenvalue weighted by atomic mass is 9.92. The van der Waals surface area contributed by atoms with E-state index in [9.17, 15) is 13.2 Å². The highest BCUT2D eigenvalue weighted by Gasteiger charge is 2.32. The first-order valence-corrected chi connectivity index (χ1v) is 12.2. The second kappa shape index (κ2) is 7.74. The van der Waals surface area contributed by atoms with Crippen LogP contribution in [0.5, 0.6) is 0 Å². The van der Waals surface area contributed by atoms with Crippen LogP contribution in [0.15, 0.2) is 52.5 Å². The maximum Gasteiger partial charge on any atom is 0.302 e. The summed E-state index contributed by atoms with van der Waals surface area (Å²) in [6.07, 6.45) is 4.92. The largest absolute Gasteiger partial charge is 0.462 e. The van der Waals surface area contributed by atoms with Gasteiger partial charge in [-0.3, -0.25) is 4.79 Å². The lowest BCUT2D eigenvalue weighted by molar-refractivity contribution is -0.148. The fourth-order valence-electron chi connectivity index (χ4n) is 4.79. The van der Waals surface area contributed by atoms with Crippen molar-refractivity contribution in [2.45, 2.75) is 61.6 Å². The highest BCUT2D eigenvalue weighted by atomic mass is 32.2. The number of aryl methyl sites for hydroxylation is 1. The van der Waals surface area contributed by atoms with Gasteiger partial charge in [0.15, 0.2) is 5.03 Å². The Balaban J connectivity index is 1.72. The number of rotatable bonds is 4. The number of aromatic nitrogens is 4. The van der Waals surface area contributed by atoms with Crippen molar-refractivity contribution < 1.29 is 17.9 Å². The monoisotopic (exact) mass is 452 g/mol.